The second-order valence-electron chi connectivity index (χ2n) is 3.63. The zero-order chi connectivity index (χ0) is 8.27. The van der Waals surface area contributed by atoms with Gasteiger partial charge in [-0.15, -0.1) is 0 Å². The van der Waals surface area contributed by atoms with Gasteiger partial charge in [-0.05, 0) is 32.2 Å². The van der Waals surface area contributed by atoms with E-state index in [9.17, 15) is 0 Å². The zero-order valence-corrected chi connectivity index (χ0v) is 8.14. The normalized spacial score (nSPS) is 36.3. The third kappa shape index (κ3) is 1.96. The Balaban J connectivity index is 0.000000281. The lowest BCUT2D eigenvalue weighted by molar-refractivity contribution is 0.295. The summed E-state index contributed by atoms with van der Waals surface area (Å²) in [5.41, 5.74) is 0. The van der Waals surface area contributed by atoms with Crippen LogP contribution < -0.4 is 0 Å². The number of likely N-dealkylation sites (tertiary alicyclic amines) is 1. The Kier molecular flexibility index (Phi) is 3.38. The molecule has 1 heterocycles. The first kappa shape index (κ1) is 9.05. The van der Waals surface area contributed by atoms with Gasteiger partial charge in [-0.25, -0.2) is 0 Å². The van der Waals surface area contributed by atoms with Crippen molar-refractivity contribution in [1.29, 1.82) is 0 Å². The molecule has 1 heteroatoms. The van der Waals surface area contributed by atoms with E-state index in [1.807, 2.05) is 13.8 Å². The molecular formula is C10H21N. The fourth-order valence-corrected chi connectivity index (χ4v) is 2.39. The van der Waals surface area contributed by atoms with Gasteiger partial charge in [-0.1, -0.05) is 20.3 Å². The molecule has 1 nitrogen and oxygen atoms in total. The molecule has 0 amide bonds. The molecule has 2 rings (SSSR count). The molecule has 2 fully saturated rings. The minimum atomic E-state index is 0.962. The molecule has 1 aliphatic carbocycles. The second-order valence-corrected chi connectivity index (χ2v) is 3.63. The predicted molar refractivity (Wildman–Crippen MR) is 49.7 cm³/mol. The van der Waals surface area contributed by atoms with Gasteiger partial charge in [0.2, 0.25) is 0 Å². The molecule has 66 valence electrons. The summed E-state index contributed by atoms with van der Waals surface area (Å²) in [6, 6.07) is 0.962. The van der Waals surface area contributed by atoms with E-state index in [1.54, 1.807) is 0 Å². The van der Waals surface area contributed by atoms with Crippen LogP contribution in [0.5, 0.6) is 0 Å². The van der Waals surface area contributed by atoms with Crippen LogP contribution in [-0.4, -0.2) is 24.5 Å². The maximum absolute atomic E-state index is 2.54. The van der Waals surface area contributed by atoms with Gasteiger partial charge in [0, 0.05) is 12.6 Å². The van der Waals surface area contributed by atoms with Crippen molar-refractivity contribution in [2.75, 3.05) is 13.6 Å². The standard InChI is InChI=1S/C8H15N.C2H6/c1-9-6-7-3-2-4-8(9)5-7;1-2/h7-8H,2-6H2,1H3;1-2H3. The molecule has 11 heavy (non-hydrogen) atoms. The number of hydrogen-bond acceptors (Lipinski definition) is 1. The first-order chi connectivity index (χ1) is 5.36. The highest BCUT2D eigenvalue weighted by molar-refractivity contribution is 4.87. The van der Waals surface area contributed by atoms with Gasteiger partial charge in [0.25, 0.3) is 0 Å². The van der Waals surface area contributed by atoms with Crippen molar-refractivity contribution < 1.29 is 0 Å². The molecule has 2 unspecified atom stereocenters. The Bertz CT molecular complexity index is 109. The average molecular weight is 155 g/mol. The van der Waals surface area contributed by atoms with E-state index in [0.717, 1.165) is 12.0 Å². The molecule has 0 aromatic carbocycles. The van der Waals surface area contributed by atoms with Gasteiger partial charge in [0.15, 0.2) is 0 Å². The largest absolute Gasteiger partial charge is 0.303 e. The molecule has 0 N–H and O–H groups in total. The van der Waals surface area contributed by atoms with Crippen molar-refractivity contribution in [3.8, 4) is 0 Å². The van der Waals surface area contributed by atoms with Gasteiger partial charge in [0.1, 0.15) is 0 Å². The Hall–Kier alpha value is -0.0400. The lowest BCUT2D eigenvalue weighted by atomic mass is 9.91. The molecular weight excluding hydrogens is 134 g/mol. The summed E-state index contributed by atoms with van der Waals surface area (Å²) >= 11 is 0. The van der Waals surface area contributed by atoms with Gasteiger partial charge in [-0.2, -0.15) is 0 Å². The fourth-order valence-electron chi connectivity index (χ4n) is 2.39. The summed E-state index contributed by atoms with van der Waals surface area (Å²) in [6.45, 7) is 5.38. The first-order valence-corrected chi connectivity index (χ1v) is 5.06. The topological polar surface area (TPSA) is 3.24 Å². The van der Waals surface area contributed by atoms with Crippen molar-refractivity contribution in [3.63, 3.8) is 0 Å². The molecule has 2 atom stereocenters. The summed E-state index contributed by atoms with van der Waals surface area (Å²) in [4.78, 5) is 2.54. The van der Waals surface area contributed by atoms with E-state index < -0.39 is 0 Å². The number of fused-ring (bicyclic) bond motifs is 2. The molecule has 2 bridgehead atoms. The Morgan fingerprint density at radius 3 is 2.45 bits per heavy atom. The molecule has 0 spiro atoms. The summed E-state index contributed by atoms with van der Waals surface area (Å²) in [5.74, 6) is 1.06. The van der Waals surface area contributed by atoms with Crippen LogP contribution in [-0.2, 0) is 0 Å². The van der Waals surface area contributed by atoms with E-state index in [1.165, 1.54) is 32.2 Å². The van der Waals surface area contributed by atoms with Crippen LogP contribution in [0, 0.1) is 5.92 Å². The molecule has 1 aliphatic heterocycles. The second kappa shape index (κ2) is 4.10. The van der Waals surface area contributed by atoms with Crippen molar-refractivity contribution >= 4 is 0 Å². The number of nitrogens with zero attached hydrogens (tertiary/aromatic N) is 1. The quantitative estimate of drug-likeness (QED) is 0.519. The molecule has 0 aromatic heterocycles. The van der Waals surface area contributed by atoms with Crippen LogP contribution in [0.2, 0.25) is 0 Å². The van der Waals surface area contributed by atoms with Crippen molar-refractivity contribution in [3.05, 3.63) is 0 Å². The maximum Gasteiger partial charge on any atom is 0.00954 e. The van der Waals surface area contributed by atoms with E-state index in [2.05, 4.69) is 11.9 Å². The minimum absolute atomic E-state index is 0.962. The van der Waals surface area contributed by atoms with E-state index in [4.69, 9.17) is 0 Å². The van der Waals surface area contributed by atoms with Crippen LogP contribution in [0.4, 0.5) is 0 Å². The van der Waals surface area contributed by atoms with Gasteiger partial charge >= 0.3 is 0 Å². The predicted octanol–water partition coefficient (Wildman–Crippen LogP) is 2.52. The maximum atomic E-state index is 2.54. The lowest BCUT2D eigenvalue weighted by Gasteiger charge is -2.19. The Morgan fingerprint density at radius 2 is 1.91 bits per heavy atom. The van der Waals surface area contributed by atoms with E-state index >= 15 is 0 Å². The van der Waals surface area contributed by atoms with Crippen LogP contribution in [0.3, 0.4) is 0 Å². The van der Waals surface area contributed by atoms with Crippen molar-refractivity contribution in [2.24, 2.45) is 5.92 Å². The highest BCUT2D eigenvalue weighted by Crippen LogP contribution is 2.33. The summed E-state index contributed by atoms with van der Waals surface area (Å²) in [7, 11) is 2.27. The average Bonchev–Trinajstić information content (AvgIpc) is 2.31. The fraction of sp³-hybridized carbons (Fsp3) is 1.00. The number of rotatable bonds is 0. The van der Waals surface area contributed by atoms with Gasteiger partial charge in [-0.3, -0.25) is 0 Å². The van der Waals surface area contributed by atoms with Crippen molar-refractivity contribution in [2.45, 2.75) is 45.6 Å². The van der Waals surface area contributed by atoms with Crippen LogP contribution in [0.15, 0.2) is 0 Å². The highest BCUT2D eigenvalue weighted by Gasteiger charge is 2.32. The Labute approximate surface area is 70.8 Å². The molecule has 0 aromatic rings. The summed E-state index contributed by atoms with van der Waals surface area (Å²) in [5, 5.41) is 0. The minimum Gasteiger partial charge on any atom is -0.303 e. The number of hydrogen-bond donors (Lipinski definition) is 0. The molecule has 1 saturated carbocycles. The molecule has 1 saturated heterocycles. The lowest BCUT2D eigenvalue weighted by Crippen LogP contribution is -2.23. The van der Waals surface area contributed by atoms with Crippen LogP contribution >= 0.6 is 0 Å². The van der Waals surface area contributed by atoms with Gasteiger partial charge in [0.05, 0.1) is 0 Å². The summed E-state index contributed by atoms with van der Waals surface area (Å²) in [6.07, 6.45) is 5.95. The monoisotopic (exact) mass is 155 g/mol. The van der Waals surface area contributed by atoms with Crippen LogP contribution in [0.25, 0.3) is 0 Å². The molecule has 0 radical (unpaired) electrons. The summed E-state index contributed by atoms with van der Waals surface area (Å²) < 4.78 is 0. The van der Waals surface area contributed by atoms with Crippen molar-refractivity contribution in [1.82, 2.24) is 4.90 Å². The third-order valence-corrected chi connectivity index (χ3v) is 2.92. The third-order valence-electron chi connectivity index (χ3n) is 2.92. The van der Waals surface area contributed by atoms with Gasteiger partial charge < -0.3 is 4.90 Å². The van der Waals surface area contributed by atoms with E-state index in [-0.39, 0.29) is 0 Å². The SMILES string of the molecule is CC.CN1CC2CCCC1C2. The Morgan fingerprint density at radius 1 is 1.18 bits per heavy atom. The zero-order valence-electron chi connectivity index (χ0n) is 8.14. The molecule has 2 aliphatic rings. The highest BCUT2D eigenvalue weighted by atomic mass is 15.2. The van der Waals surface area contributed by atoms with Crippen LogP contribution in [0.1, 0.15) is 39.5 Å². The smallest absolute Gasteiger partial charge is 0.00954 e. The van der Waals surface area contributed by atoms with E-state index in [0.29, 0.717) is 0 Å². The first-order valence-electron chi connectivity index (χ1n) is 5.06.